The molecule has 0 bridgehead atoms. The van der Waals surface area contributed by atoms with Crippen LogP contribution < -0.4 is 25.4 Å². The first kappa shape index (κ1) is 33.5. The van der Waals surface area contributed by atoms with Crippen LogP contribution >= 0.6 is 23.2 Å². The van der Waals surface area contributed by atoms with E-state index in [9.17, 15) is 9.90 Å². The third kappa shape index (κ3) is 7.56. The van der Waals surface area contributed by atoms with Gasteiger partial charge in [0.15, 0.2) is 0 Å². The van der Waals surface area contributed by atoms with Gasteiger partial charge in [-0.1, -0.05) is 66.5 Å². The molecule has 2 atom stereocenters. The number of halogens is 2. The standard InChI is InChI=1S/C33H37Cl2N7O4/c1-4-19(18-43)37-17-28-33(46-3)42-26(16-39-28)24-10-6-8-22(31(24)35)21-7-5-9-23(30(21)34)25-15-38-27(32(41-25)45-2)14-36-13-20-11-12-29(44)40-20/h5-10,15-16,19-20,36-37,43H,4,11-14,17-18H2,1-3H3,(H,40,44)/t19-,20+/m1/s1. The fourth-order valence-electron chi connectivity index (χ4n) is 5.27. The lowest BCUT2D eigenvalue weighted by atomic mass is 9.98. The number of nitrogens with one attached hydrogen (secondary N) is 3. The Kier molecular flexibility index (Phi) is 11.4. The Hall–Kier alpha value is -3.87. The van der Waals surface area contributed by atoms with Crippen molar-refractivity contribution in [1.29, 1.82) is 0 Å². The summed E-state index contributed by atoms with van der Waals surface area (Å²) in [5.41, 5.74) is 5.14. The second-order valence-corrected chi connectivity index (χ2v) is 11.6. The Morgan fingerprint density at radius 1 is 0.913 bits per heavy atom. The van der Waals surface area contributed by atoms with Crippen LogP contribution in [0, 0.1) is 0 Å². The Bertz CT molecular complexity index is 1690. The van der Waals surface area contributed by atoms with Crippen molar-refractivity contribution >= 4 is 29.1 Å². The molecule has 0 saturated carbocycles. The molecule has 4 aromatic rings. The number of nitrogens with zero attached hydrogens (tertiary/aromatic N) is 4. The first-order chi connectivity index (χ1) is 22.4. The van der Waals surface area contributed by atoms with Crippen LogP contribution in [0.2, 0.25) is 10.0 Å². The maximum absolute atomic E-state index is 11.5. The molecule has 2 aromatic carbocycles. The Labute approximate surface area is 278 Å². The van der Waals surface area contributed by atoms with E-state index in [1.54, 1.807) is 26.6 Å². The Balaban J connectivity index is 1.39. The number of methoxy groups -OCH3 is 2. The molecule has 1 aliphatic rings. The van der Waals surface area contributed by atoms with Crippen LogP contribution in [0.3, 0.4) is 0 Å². The summed E-state index contributed by atoms with van der Waals surface area (Å²) in [5.74, 6) is 0.836. The molecule has 1 aliphatic heterocycles. The molecule has 11 nitrogen and oxygen atoms in total. The van der Waals surface area contributed by atoms with Gasteiger partial charge in [-0.3, -0.25) is 14.8 Å². The molecule has 0 spiro atoms. The summed E-state index contributed by atoms with van der Waals surface area (Å²) in [6.07, 6.45) is 5.47. The summed E-state index contributed by atoms with van der Waals surface area (Å²) in [7, 11) is 3.10. The molecular weight excluding hydrogens is 629 g/mol. The van der Waals surface area contributed by atoms with Crippen molar-refractivity contribution in [2.45, 2.75) is 51.4 Å². The highest BCUT2D eigenvalue weighted by Crippen LogP contribution is 2.42. The van der Waals surface area contributed by atoms with Gasteiger partial charge in [-0.2, -0.15) is 0 Å². The number of carbonyl (C=O) groups is 1. The average molecular weight is 667 g/mol. The number of aromatic nitrogens is 4. The van der Waals surface area contributed by atoms with Crippen molar-refractivity contribution in [2.75, 3.05) is 27.4 Å². The molecule has 5 rings (SSSR count). The van der Waals surface area contributed by atoms with Crippen molar-refractivity contribution in [3.63, 3.8) is 0 Å². The summed E-state index contributed by atoms with van der Waals surface area (Å²) in [4.78, 5) is 30.1. The number of ether oxygens (including phenoxy) is 2. The third-order valence-corrected chi connectivity index (χ3v) is 8.70. The van der Waals surface area contributed by atoms with Crippen LogP contribution in [0.1, 0.15) is 37.6 Å². The minimum absolute atomic E-state index is 0.0304. The smallest absolute Gasteiger partial charge is 0.237 e. The second-order valence-electron chi connectivity index (χ2n) is 10.9. The zero-order valence-corrected chi connectivity index (χ0v) is 27.5. The van der Waals surface area contributed by atoms with Crippen molar-refractivity contribution in [1.82, 2.24) is 35.9 Å². The highest BCUT2D eigenvalue weighted by Gasteiger charge is 2.22. The minimum Gasteiger partial charge on any atom is -0.480 e. The number of hydrogen-bond donors (Lipinski definition) is 4. The number of rotatable bonds is 14. The molecule has 242 valence electrons. The van der Waals surface area contributed by atoms with E-state index in [4.69, 9.17) is 37.7 Å². The maximum atomic E-state index is 11.5. The highest BCUT2D eigenvalue weighted by molar-refractivity contribution is 6.39. The molecular formula is C33H37Cl2N7O4. The van der Waals surface area contributed by atoms with Crippen molar-refractivity contribution < 1.29 is 19.4 Å². The average Bonchev–Trinajstić information content (AvgIpc) is 3.50. The predicted octanol–water partition coefficient (Wildman–Crippen LogP) is 4.82. The predicted molar refractivity (Wildman–Crippen MR) is 178 cm³/mol. The zero-order valence-electron chi connectivity index (χ0n) is 25.9. The number of amides is 1. The lowest BCUT2D eigenvalue weighted by molar-refractivity contribution is -0.119. The van der Waals surface area contributed by atoms with E-state index in [1.807, 2.05) is 43.3 Å². The summed E-state index contributed by atoms with van der Waals surface area (Å²) in [5, 5.41) is 19.9. The molecule has 3 heterocycles. The Morgan fingerprint density at radius 3 is 1.93 bits per heavy atom. The van der Waals surface area contributed by atoms with E-state index in [0.29, 0.717) is 92.9 Å². The first-order valence-electron chi connectivity index (χ1n) is 15.1. The minimum atomic E-state index is -0.0436. The molecule has 2 aromatic heterocycles. The van der Waals surface area contributed by atoms with Crippen LogP contribution in [0.5, 0.6) is 11.8 Å². The molecule has 0 radical (unpaired) electrons. The van der Waals surface area contributed by atoms with Crippen molar-refractivity contribution in [3.05, 3.63) is 70.2 Å². The van der Waals surface area contributed by atoms with Crippen LogP contribution in [0.25, 0.3) is 33.6 Å². The topological polar surface area (TPSA) is 143 Å². The molecule has 13 heteroatoms. The summed E-state index contributed by atoms with van der Waals surface area (Å²) in [6.45, 7) is 3.50. The van der Waals surface area contributed by atoms with Gasteiger partial charge in [0.05, 0.1) is 54.7 Å². The van der Waals surface area contributed by atoms with E-state index in [2.05, 4.69) is 30.9 Å². The van der Waals surface area contributed by atoms with Gasteiger partial charge in [-0.05, 0) is 12.8 Å². The molecule has 46 heavy (non-hydrogen) atoms. The van der Waals surface area contributed by atoms with Crippen LogP contribution in [-0.4, -0.2) is 70.4 Å². The summed E-state index contributed by atoms with van der Waals surface area (Å²) in [6, 6.07) is 11.4. The van der Waals surface area contributed by atoms with Gasteiger partial charge in [0, 0.05) is 60.4 Å². The fourth-order valence-corrected chi connectivity index (χ4v) is 5.92. The van der Waals surface area contributed by atoms with Crippen LogP contribution in [0.15, 0.2) is 48.8 Å². The molecule has 0 aliphatic carbocycles. The van der Waals surface area contributed by atoms with Gasteiger partial charge in [0.25, 0.3) is 0 Å². The van der Waals surface area contributed by atoms with Gasteiger partial charge in [0.1, 0.15) is 11.4 Å². The van der Waals surface area contributed by atoms with Gasteiger partial charge in [0.2, 0.25) is 17.7 Å². The van der Waals surface area contributed by atoms with Gasteiger partial charge >= 0.3 is 0 Å². The zero-order chi connectivity index (χ0) is 32.6. The van der Waals surface area contributed by atoms with Gasteiger partial charge in [-0.15, -0.1) is 0 Å². The van der Waals surface area contributed by atoms with E-state index in [0.717, 1.165) is 12.8 Å². The third-order valence-electron chi connectivity index (χ3n) is 7.89. The van der Waals surface area contributed by atoms with Gasteiger partial charge < -0.3 is 30.5 Å². The SMILES string of the molecule is CC[C@H](CO)NCc1ncc(-c2cccc(-c3cccc(-c4cnc(CNC[C@@H]5CCC(=O)N5)c(OC)n4)c3Cl)c2Cl)nc1OC. The first-order valence-corrected chi connectivity index (χ1v) is 15.8. The normalized spacial score (nSPS) is 15.1. The molecule has 1 fully saturated rings. The summed E-state index contributed by atoms with van der Waals surface area (Å²) >= 11 is 14.0. The molecule has 4 N–H and O–H groups in total. The quantitative estimate of drug-likeness (QED) is 0.148. The number of hydrogen-bond acceptors (Lipinski definition) is 10. The largest absolute Gasteiger partial charge is 0.480 e. The number of carbonyl (C=O) groups excluding carboxylic acids is 1. The van der Waals surface area contributed by atoms with Crippen molar-refractivity contribution in [2.24, 2.45) is 0 Å². The van der Waals surface area contributed by atoms with Crippen LogP contribution in [-0.2, 0) is 17.9 Å². The highest BCUT2D eigenvalue weighted by atomic mass is 35.5. The number of aliphatic hydroxyl groups is 1. The maximum Gasteiger partial charge on any atom is 0.237 e. The number of benzene rings is 2. The van der Waals surface area contributed by atoms with E-state index >= 15 is 0 Å². The lowest BCUT2D eigenvalue weighted by Crippen LogP contribution is -2.35. The fraction of sp³-hybridized carbons (Fsp3) is 0.364. The van der Waals surface area contributed by atoms with E-state index < -0.39 is 0 Å². The summed E-state index contributed by atoms with van der Waals surface area (Å²) < 4.78 is 11.1. The van der Waals surface area contributed by atoms with Gasteiger partial charge in [-0.25, -0.2) is 9.97 Å². The number of aliphatic hydroxyl groups excluding tert-OH is 1. The van der Waals surface area contributed by atoms with E-state index in [1.165, 1.54) is 0 Å². The lowest BCUT2D eigenvalue weighted by Gasteiger charge is -2.16. The van der Waals surface area contributed by atoms with Crippen molar-refractivity contribution in [3.8, 4) is 45.4 Å². The molecule has 1 saturated heterocycles. The molecule has 1 amide bonds. The van der Waals surface area contributed by atoms with Crippen LogP contribution in [0.4, 0.5) is 0 Å². The second kappa shape index (κ2) is 15.6. The monoisotopic (exact) mass is 665 g/mol. The molecule has 0 unspecified atom stereocenters. The van der Waals surface area contributed by atoms with E-state index in [-0.39, 0.29) is 24.6 Å². The Morgan fingerprint density at radius 2 is 1.46 bits per heavy atom.